The summed E-state index contributed by atoms with van der Waals surface area (Å²) in [5.41, 5.74) is 0. The van der Waals surface area contributed by atoms with Gasteiger partial charge in [-0.05, 0) is 6.92 Å². The van der Waals surface area contributed by atoms with Crippen molar-refractivity contribution in [2.75, 3.05) is 19.8 Å². The standard InChI is InChI=1S/C14H26O11/c1-2-22-13-11(20)10(19)8(17)6(25-13)4-23-14-12(21)9(18)7(16)5(3-15)24-14/h5-21H,2-4H2,1H3/t5-,6-,7+,8-,9+,10+,11-,12-,13+,14+/m1/s1. The van der Waals surface area contributed by atoms with Crippen LogP contribution in [0.2, 0.25) is 0 Å². The molecule has 0 aliphatic carbocycles. The van der Waals surface area contributed by atoms with E-state index in [-0.39, 0.29) is 13.2 Å². The van der Waals surface area contributed by atoms with Crippen LogP contribution in [0.1, 0.15) is 6.92 Å². The molecule has 2 fully saturated rings. The molecule has 0 saturated carbocycles. The van der Waals surface area contributed by atoms with E-state index in [9.17, 15) is 30.6 Å². The Kier molecular flexibility index (Phi) is 7.49. The van der Waals surface area contributed by atoms with E-state index in [1.54, 1.807) is 6.92 Å². The van der Waals surface area contributed by atoms with Gasteiger partial charge in [-0.25, -0.2) is 0 Å². The smallest absolute Gasteiger partial charge is 0.186 e. The highest BCUT2D eigenvalue weighted by molar-refractivity contribution is 4.91. The van der Waals surface area contributed by atoms with Crippen LogP contribution in [0.5, 0.6) is 0 Å². The lowest BCUT2D eigenvalue weighted by atomic mass is 9.98. The van der Waals surface area contributed by atoms with Crippen molar-refractivity contribution in [3.8, 4) is 0 Å². The summed E-state index contributed by atoms with van der Waals surface area (Å²) in [6.45, 7) is 0.875. The van der Waals surface area contributed by atoms with E-state index in [0.29, 0.717) is 0 Å². The van der Waals surface area contributed by atoms with Crippen molar-refractivity contribution in [2.45, 2.75) is 68.3 Å². The van der Waals surface area contributed by atoms with Gasteiger partial charge in [-0.3, -0.25) is 0 Å². The van der Waals surface area contributed by atoms with Crippen LogP contribution >= 0.6 is 0 Å². The van der Waals surface area contributed by atoms with Crippen molar-refractivity contribution < 1.29 is 54.7 Å². The van der Waals surface area contributed by atoms with Crippen molar-refractivity contribution >= 4 is 0 Å². The molecule has 2 saturated heterocycles. The summed E-state index contributed by atoms with van der Waals surface area (Å²) >= 11 is 0. The van der Waals surface area contributed by atoms with Gasteiger partial charge < -0.3 is 54.7 Å². The quantitative estimate of drug-likeness (QED) is 0.240. The van der Waals surface area contributed by atoms with E-state index < -0.39 is 68.0 Å². The Morgan fingerprint density at radius 3 is 1.68 bits per heavy atom. The third-order valence-electron chi connectivity index (χ3n) is 4.27. The van der Waals surface area contributed by atoms with Gasteiger partial charge in [0.05, 0.1) is 13.2 Å². The number of hydrogen-bond donors (Lipinski definition) is 7. The fraction of sp³-hybridized carbons (Fsp3) is 1.00. The molecule has 25 heavy (non-hydrogen) atoms. The third-order valence-corrected chi connectivity index (χ3v) is 4.27. The zero-order chi connectivity index (χ0) is 18.7. The average Bonchev–Trinajstić information content (AvgIpc) is 2.60. The van der Waals surface area contributed by atoms with Crippen LogP contribution in [-0.2, 0) is 18.9 Å². The zero-order valence-electron chi connectivity index (χ0n) is 13.7. The lowest BCUT2D eigenvalue weighted by molar-refractivity contribution is -0.330. The number of aliphatic hydroxyl groups excluding tert-OH is 7. The molecule has 0 unspecified atom stereocenters. The molecule has 0 spiro atoms. The molecule has 11 heteroatoms. The van der Waals surface area contributed by atoms with Gasteiger partial charge in [-0.1, -0.05) is 0 Å². The minimum Gasteiger partial charge on any atom is -0.394 e. The Balaban J connectivity index is 1.96. The molecule has 2 rings (SSSR count). The van der Waals surface area contributed by atoms with Gasteiger partial charge in [-0.15, -0.1) is 0 Å². The van der Waals surface area contributed by atoms with Crippen LogP contribution in [0, 0.1) is 0 Å². The van der Waals surface area contributed by atoms with Crippen molar-refractivity contribution in [3.63, 3.8) is 0 Å². The first-order valence-corrected chi connectivity index (χ1v) is 8.05. The first-order chi connectivity index (χ1) is 11.8. The summed E-state index contributed by atoms with van der Waals surface area (Å²) < 4.78 is 20.9. The Morgan fingerprint density at radius 1 is 0.680 bits per heavy atom. The van der Waals surface area contributed by atoms with Crippen molar-refractivity contribution in [1.82, 2.24) is 0 Å². The maximum atomic E-state index is 9.98. The molecule has 0 amide bonds. The van der Waals surface area contributed by atoms with Gasteiger partial charge in [0.2, 0.25) is 0 Å². The van der Waals surface area contributed by atoms with Crippen LogP contribution < -0.4 is 0 Å². The molecule has 7 N–H and O–H groups in total. The molecule has 148 valence electrons. The van der Waals surface area contributed by atoms with Gasteiger partial charge in [0.15, 0.2) is 12.6 Å². The van der Waals surface area contributed by atoms with Crippen LogP contribution in [0.3, 0.4) is 0 Å². The molecule has 0 aromatic carbocycles. The van der Waals surface area contributed by atoms with E-state index in [4.69, 9.17) is 24.1 Å². The second-order valence-corrected chi connectivity index (χ2v) is 6.00. The Bertz CT molecular complexity index is 408. The average molecular weight is 370 g/mol. The number of ether oxygens (including phenoxy) is 4. The monoisotopic (exact) mass is 370 g/mol. The molecule has 2 aliphatic rings. The van der Waals surface area contributed by atoms with Crippen LogP contribution in [0.25, 0.3) is 0 Å². The van der Waals surface area contributed by atoms with Gasteiger partial charge in [0, 0.05) is 6.61 Å². The van der Waals surface area contributed by atoms with E-state index in [0.717, 1.165) is 0 Å². The van der Waals surface area contributed by atoms with Gasteiger partial charge in [0.25, 0.3) is 0 Å². The van der Waals surface area contributed by atoms with Crippen molar-refractivity contribution in [2.24, 2.45) is 0 Å². The lowest BCUT2D eigenvalue weighted by Gasteiger charge is -2.42. The number of hydrogen-bond acceptors (Lipinski definition) is 11. The normalized spacial score (nSPS) is 48.5. The Labute approximate surface area is 143 Å². The fourth-order valence-electron chi connectivity index (χ4n) is 2.75. The summed E-state index contributed by atoms with van der Waals surface area (Å²) in [4.78, 5) is 0. The second kappa shape index (κ2) is 8.97. The van der Waals surface area contributed by atoms with Gasteiger partial charge in [-0.2, -0.15) is 0 Å². The molecular formula is C14H26O11. The minimum atomic E-state index is -1.60. The van der Waals surface area contributed by atoms with E-state index in [2.05, 4.69) is 0 Å². The molecular weight excluding hydrogens is 344 g/mol. The summed E-state index contributed by atoms with van der Waals surface area (Å²) in [6.07, 6.45) is -14.0. The summed E-state index contributed by atoms with van der Waals surface area (Å²) in [5.74, 6) is 0. The second-order valence-electron chi connectivity index (χ2n) is 6.00. The molecule has 2 aliphatic heterocycles. The maximum Gasteiger partial charge on any atom is 0.186 e. The zero-order valence-corrected chi connectivity index (χ0v) is 13.7. The predicted octanol–water partition coefficient (Wildman–Crippen LogP) is -4.35. The van der Waals surface area contributed by atoms with Gasteiger partial charge >= 0.3 is 0 Å². The van der Waals surface area contributed by atoms with Gasteiger partial charge in [0.1, 0.15) is 48.8 Å². The largest absolute Gasteiger partial charge is 0.394 e. The highest BCUT2D eigenvalue weighted by Gasteiger charge is 2.47. The molecule has 0 aromatic heterocycles. The third kappa shape index (κ3) is 4.46. The van der Waals surface area contributed by atoms with Crippen molar-refractivity contribution in [3.05, 3.63) is 0 Å². The van der Waals surface area contributed by atoms with Crippen molar-refractivity contribution in [1.29, 1.82) is 0 Å². The van der Waals surface area contributed by atoms with Crippen LogP contribution in [0.4, 0.5) is 0 Å². The SMILES string of the molecule is CCO[C@H]1O[C@H](CO[C@H]2O[C@H](CO)[C@H](O)[C@H](O)[C@H]2O)[C@@H](O)[C@H](O)[C@H]1O. The molecule has 11 nitrogen and oxygen atoms in total. The first-order valence-electron chi connectivity index (χ1n) is 8.05. The highest BCUT2D eigenvalue weighted by atomic mass is 16.7. The fourth-order valence-corrected chi connectivity index (χ4v) is 2.75. The Morgan fingerprint density at radius 2 is 1.16 bits per heavy atom. The lowest BCUT2D eigenvalue weighted by Crippen LogP contribution is -2.61. The summed E-state index contributed by atoms with van der Waals surface area (Å²) in [6, 6.07) is 0. The highest BCUT2D eigenvalue weighted by Crippen LogP contribution is 2.25. The topological polar surface area (TPSA) is 179 Å². The van der Waals surface area contributed by atoms with E-state index >= 15 is 0 Å². The molecule has 2 heterocycles. The molecule has 0 bridgehead atoms. The first kappa shape index (κ1) is 20.9. The number of rotatable bonds is 6. The van der Waals surface area contributed by atoms with E-state index in [1.807, 2.05) is 0 Å². The van der Waals surface area contributed by atoms with E-state index in [1.165, 1.54) is 0 Å². The molecule has 10 atom stereocenters. The van der Waals surface area contributed by atoms with Crippen LogP contribution in [-0.4, -0.2) is 117 Å². The number of aliphatic hydroxyl groups is 7. The predicted molar refractivity (Wildman–Crippen MR) is 78.0 cm³/mol. The molecule has 0 radical (unpaired) electrons. The Hall–Kier alpha value is -0.440. The minimum absolute atomic E-state index is 0.199. The summed E-state index contributed by atoms with van der Waals surface area (Å²) in [5, 5.41) is 68.0. The van der Waals surface area contributed by atoms with Crippen LogP contribution in [0.15, 0.2) is 0 Å². The maximum absolute atomic E-state index is 9.98. The molecule has 0 aromatic rings. The summed E-state index contributed by atoms with van der Waals surface area (Å²) in [7, 11) is 0.